The number of nitrogens with zero attached hydrogens (tertiary/aromatic N) is 2. The van der Waals surface area contributed by atoms with E-state index in [2.05, 4.69) is 41.8 Å². The molecular formula is C17H29BrN2O. The maximum Gasteiger partial charge on any atom is 0.0738 e. The van der Waals surface area contributed by atoms with Gasteiger partial charge in [0.1, 0.15) is 0 Å². The molecule has 4 heteroatoms. The van der Waals surface area contributed by atoms with Crippen LogP contribution in [0.3, 0.4) is 0 Å². The van der Waals surface area contributed by atoms with Crippen LogP contribution in [0.5, 0.6) is 0 Å². The first kappa shape index (κ1) is 17.0. The highest BCUT2D eigenvalue weighted by molar-refractivity contribution is 9.10. The summed E-state index contributed by atoms with van der Waals surface area (Å²) in [6.07, 6.45) is 5.96. The zero-order valence-corrected chi connectivity index (χ0v) is 15.6. The van der Waals surface area contributed by atoms with Gasteiger partial charge in [0.25, 0.3) is 0 Å². The number of hydrogen-bond donors (Lipinski definition) is 1. The molecular weight excluding hydrogens is 328 g/mol. The van der Waals surface area contributed by atoms with E-state index in [1.807, 2.05) is 18.7 Å². The summed E-state index contributed by atoms with van der Waals surface area (Å²) in [7, 11) is 1.96. The van der Waals surface area contributed by atoms with E-state index in [0.29, 0.717) is 17.8 Å². The molecule has 1 aliphatic carbocycles. The van der Waals surface area contributed by atoms with Crippen molar-refractivity contribution < 1.29 is 5.11 Å². The van der Waals surface area contributed by atoms with Crippen LogP contribution >= 0.6 is 15.9 Å². The van der Waals surface area contributed by atoms with E-state index in [9.17, 15) is 5.11 Å². The Morgan fingerprint density at radius 2 is 2.00 bits per heavy atom. The van der Waals surface area contributed by atoms with Crippen molar-refractivity contribution in [1.29, 1.82) is 0 Å². The molecule has 2 unspecified atom stereocenters. The zero-order valence-electron chi connectivity index (χ0n) is 14.0. The molecule has 21 heavy (non-hydrogen) atoms. The highest BCUT2D eigenvalue weighted by atomic mass is 79.9. The van der Waals surface area contributed by atoms with Gasteiger partial charge in [-0.05, 0) is 59.9 Å². The topological polar surface area (TPSA) is 38.0 Å². The van der Waals surface area contributed by atoms with E-state index in [-0.39, 0.29) is 0 Å². The van der Waals surface area contributed by atoms with Gasteiger partial charge < -0.3 is 5.11 Å². The molecule has 0 bridgehead atoms. The first-order valence-corrected chi connectivity index (χ1v) is 8.82. The minimum absolute atomic E-state index is 0.342. The second kappa shape index (κ2) is 6.04. The second-order valence-electron chi connectivity index (χ2n) is 7.86. The lowest BCUT2D eigenvalue weighted by atomic mass is 9.76. The van der Waals surface area contributed by atoms with E-state index >= 15 is 0 Å². The number of aliphatic hydroxyl groups is 1. The molecule has 120 valence electrons. The van der Waals surface area contributed by atoms with Crippen LogP contribution in [-0.4, -0.2) is 20.5 Å². The Bertz CT molecular complexity index is 504. The molecule has 0 saturated heterocycles. The van der Waals surface area contributed by atoms with E-state index in [1.165, 1.54) is 6.42 Å². The zero-order chi connectivity index (χ0) is 15.8. The lowest BCUT2D eigenvalue weighted by molar-refractivity contribution is 0.0207. The first-order valence-electron chi connectivity index (χ1n) is 8.03. The number of rotatable bonds is 2. The van der Waals surface area contributed by atoms with Crippen molar-refractivity contribution in [3.05, 3.63) is 15.9 Å². The Morgan fingerprint density at radius 3 is 2.52 bits per heavy atom. The number of halogens is 1. The van der Waals surface area contributed by atoms with Gasteiger partial charge in [-0.1, -0.05) is 27.2 Å². The maximum absolute atomic E-state index is 11.1. The Kier molecular flexibility index (Phi) is 4.89. The average Bonchev–Trinajstić information content (AvgIpc) is 2.56. The van der Waals surface area contributed by atoms with Gasteiger partial charge in [0.2, 0.25) is 0 Å². The fourth-order valence-electron chi connectivity index (χ4n) is 3.62. The molecule has 1 aromatic heterocycles. The summed E-state index contributed by atoms with van der Waals surface area (Å²) in [5.41, 5.74) is 1.87. The van der Waals surface area contributed by atoms with Gasteiger partial charge in [-0.2, -0.15) is 5.10 Å². The average molecular weight is 357 g/mol. The summed E-state index contributed by atoms with van der Waals surface area (Å²) < 4.78 is 2.96. The predicted octanol–water partition coefficient (Wildman–Crippen LogP) is 4.39. The van der Waals surface area contributed by atoms with Crippen molar-refractivity contribution in [3.63, 3.8) is 0 Å². The van der Waals surface area contributed by atoms with Gasteiger partial charge in [-0.25, -0.2) is 0 Å². The van der Waals surface area contributed by atoms with Crippen LogP contribution in [-0.2, 0) is 13.5 Å². The van der Waals surface area contributed by atoms with Gasteiger partial charge in [0, 0.05) is 13.5 Å². The van der Waals surface area contributed by atoms with E-state index in [1.54, 1.807) is 0 Å². The fourth-order valence-corrected chi connectivity index (χ4v) is 4.09. The molecule has 1 fully saturated rings. The SMILES string of the molecule is Cc1nn(C)c(CC2(O)CCCC(C(C)(C)C)CC2)c1Br. The van der Waals surface area contributed by atoms with Crippen molar-refractivity contribution in [2.24, 2.45) is 18.4 Å². The normalized spacial score (nSPS) is 27.7. The summed E-state index contributed by atoms with van der Waals surface area (Å²) in [5, 5.41) is 15.5. The summed E-state index contributed by atoms with van der Waals surface area (Å²) in [5.74, 6) is 0.711. The molecule has 1 N–H and O–H groups in total. The molecule has 0 spiro atoms. The fraction of sp³-hybridized carbons (Fsp3) is 0.824. The van der Waals surface area contributed by atoms with Crippen LogP contribution in [0.25, 0.3) is 0 Å². The largest absolute Gasteiger partial charge is 0.389 e. The van der Waals surface area contributed by atoms with Crippen LogP contribution in [0.1, 0.15) is 64.3 Å². The van der Waals surface area contributed by atoms with Crippen molar-refractivity contribution in [2.45, 2.75) is 71.8 Å². The molecule has 0 radical (unpaired) electrons. The summed E-state index contributed by atoms with van der Waals surface area (Å²) in [6.45, 7) is 8.97. The minimum Gasteiger partial charge on any atom is -0.389 e. The van der Waals surface area contributed by atoms with Crippen LogP contribution < -0.4 is 0 Å². The maximum atomic E-state index is 11.1. The third-order valence-electron chi connectivity index (χ3n) is 5.14. The Hall–Kier alpha value is -0.350. The smallest absolute Gasteiger partial charge is 0.0738 e. The summed E-state index contributed by atoms with van der Waals surface area (Å²) in [6, 6.07) is 0. The van der Waals surface area contributed by atoms with Crippen LogP contribution in [0.4, 0.5) is 0 Å². The van der Waals surface area contributed by atoms with Crippen LogP contribution in [0.2, 0.25) is 0 Å². The van der Waals surface area contributed by atoms with Crippen LogP contribution in [0, 0.1) is 18.3 Å². The van der Waals surface area contributed by atoms with Gasteiger partial charge in [-0.15, -0.1) is 0 Å². The number of hydrogen-bond acceptors (Lipinski definition) is 2. The third-order valence-corrected chi connectivity index (χ3v) is 6.17. The molecule has 1 aliphatic rings. The van der Waals surface area contributed by atoms with E-state index < -0.39 is 5.60 Å². The van der Waals surface area contributed by atoms with Gasteiger partial charge in [0.15, 0.2) is 0 Å². The summed E-state index contributed by atoms with van der Waals surface area (Å²) in [4.78, 5) is 0. The summed E-state index contributed by atoms with van der Waals surface area (Å²) >= 11 is 3.62. The molecule has 1 aromatic rings. The number of aryl methyl sites for hydroxylation is 2. The Balaban J connectivity index is 2.12. The van der Waals surface area contributed by atoms with Crippen molar-refractivity contribution in [3.8, 4) is 0 Å². The molecule has 2 atom stereocenters. The monoisotopic (exact) mass is 356 g/mol. The predicted molar refractivity (Wildman–Crippen MR) is 90.3 cm³/mol. The Morgan fingerprint density at radius 1 is 1.33 bits per heavy atom. The van der Waals surface area contributed by atoms with Crippen LogP contribution in [0.15, 0.2) is 4.47 Å². The first-order chi connectivity index (χ1) is 9.62. The third kappa shape index (κ3) is 3.89. The van der Waals surface area contributed by atoms with E-state index in [4.69, 9.17) is 0 Å². The minimum atomic E-state index is -0.581. The molecule has 1 saturated carbocycles. The quantitative estimate of drug-likeness (QED) is 0.797. The second-order valence-corrected chi connectivity index (χ2v) is 8.66. The lowest BCUT2D eigenvalue weighted by Crippen LogP contribution is -2.32. The molecule has 0 aliphatic heterocycles. The van der Waals surface area contributed by atoms with Gasteiger partial charge in [-0.3, -0.25) is 4.68 Å². The van der Waals surface area contributed by atoms with Crippen molar-refractivity contribution >= 4 is 15.9 Å². The highest BCUT2D eigenvalue weighted by Crippen LogP contribution is 2.41. The molecule has 0 aromatic carbocycles. The highest BCUT2D eigenvalue weighted by Gasteiger charge is 2.36. The Labute approximate surface area is 137 Å². The lowest BCUT2D eigenvalue weighted by Gasteiger charge is -2.31. The van der Waals surface area contributed by atoms with Gasteiger partial charge in [0.05, 0.1) is 21.5 Å². The molecule has 2 rings (SSSR count). The van der Waals surface area contributed by atoms with Gasteiger partial charge >= 0.3 is 0 Å². The number of aromatic nitrogens is 2. The molecule has 0 amide bonds. The molecule has 3 nitrogen and oxygen atoms in total. The van der Waals surface area contributed by atoms with Crippen molar-refractivity contribution in [2.75, 3.05) is 0 Å². The van der Waals surface area contributed by atoms with Crippen molar-refractivity contribution in [1.82, 2.24) is 9.78 Å². The molecule has 1 heterocycles. The van der Waals surface area contributed by atoms with E-state index in [0.717, 1.165) is 41.5 Å². The standard InChI is InChI=1S/C17H29BrN2O/c1-12-15(18)14(20(5)19-12)11-17(21)9-6-7-13(8-10-17)16(2,3)4/h13,21H,6-11H2,1-5H3.